The Morgan fingerprint density at radius 1 is 1.10 bits per heavy atom. The van der Waals surface area contributed by atoms with E-state index in [1.807, 2.05) is 16.9 Å². The number of rotatable bonds is 9. The van der Waals surface area contributed by atoms with Crippen LogP contribution in [0.4, 0.5) is 16.2 Å². The van der Waals surface area contributed by atoms with Crippen LogP contribution in [-0.2, 0) is 10.0 Å². The Hall–Kier alpha value is -3.52. The van der Waals surface area contributed by atoms with Gasteiger partial charge in [0.1, 0.15) is 15.9 Å². The molecule has 14 heteroatoms. The molecule has 40 heavy (non-hydrogen) atoms. The Morgan fingerprint density at radius 3 is 2.58 bits per heavy atom. The lowest BCUT2D eigenvalue weighted by atomic mass is 10.2. The van der Waals surface area contributed by atoms with Crippen LogP contribution in [0.3, 0.4) is 0 Å². The summed E-state index contributed by atoms with van der Waals surface area (Å²) in [5, 5.41) is 6.30. The maximum Gasteiger partial charge on any atom is 0.333 e. The van der Waals surface area contributed by atoms with Crippen molar-refractivity contribution in [3.05, 3.63) is 69.2 Å². The van der Waals surface area contributed by atoms with Crippen molar-refractivity contribution in [2.24, 2.45) is 0 Å². The summed E-state index contributed by atoms with van der Waals surface area (Å²) in [5.74, 6) is 0.767. The zero-order valence-corrected chi connectivity index (χ0v) is 24.1. The fourth-order valence-corrected chi connectivity index (χ4v) is 6.97. The minimum absolute atomic E-state index is 0.0831. The lowest BCUT2D eigenvalue weighted by Crippen LogP contribution is -2.34. The number of likely N-dealkylation sites (tertiary alicyclic amines) is 1. The van der Waals surface area contributed by atoms with E-state index in [1.165, 1.54) is 54.9 Å². The number of fused-ring (bicyclic) bond motifs is 1. The van der Waals surface area contributed by atoms with Crippen molar-refractivity contribution in [2.45, 2.75) is 30.4 Å². The van der Waals surface area contributed by atoms with Crippen LogP contribution in [0.15, 0.2) is 57.7 Å². The van der Waals surface area contributed by atoms with Gasteiger partial charge >= 0.3 is 6.03 Å². The van der Waals surface area contributed by atoms with Crippen molar-refractivity contribution in [2.75, 3.05) is 36.8 Å². The van der Waals surface area contributed by atoms with Crippen molar-refractivity contribution in [3.63, 3.8) is 0 Å². The Bertz CT molecular complexity index is 1700. The number of amides is 2. The van der Waals surface area contributed by atoms with Crippen molar-refractivity contribution in [1.29, 1.82) is 0 Å². The first-order chi connectivity index (χ1) is 19.2. The maximum atomic E-state index is 13.3. The van der Waals surface area contributed by atoms with Crippen LogP contribution < -0.4 is 20.9 Å². The normalized spacial score (nSPS) is 13.9. The topological polar surface area (TPSA) is 138 Å². The molecule has 4 aromatic rings. The van der Waals surface area contributed by atoms with E-state index in [9.17, 15) is 18.0 Å². The highest BCUT2D eigenvalue weighted by atomic mass is 35.5. The monoisotopic (exact) mass is 601 g/mol. The van der Waals surface area contributed by atoms with Gasteiger partial charge < -0.3 is 15.5 Å². The molecule has 1 aliphatic heterocycles. The van der Waals surface area contributed by atoms with Crippen molar-refractivity contribution in [3.8, 4) is 5.82 Å². The number of carbonyl (C=O) groups excluding carboxylic acids is 1. The van der Waals surface area contributed by atoms with Crippen LogP contribution in [0.2, 0.25) is 4.34 Å². The Balaban J connectivity index is 1.25. The van der Waals surface area contributed by atoms with Gasteiger partial charge in [-0.05, 0) is 88.3 Å². The molecule has 1 fully saturated rings. The van der Waals surface area contributed by atoms with Gasteiger partial charge in [-0.2, -0.15) is 0 Å². The van der Waals surface area contributed by atoms with Crippen LogP contribution in [0.1, 0.15) is 25.1 Å². The third kappa shape index (κ3) is 6.44. The van der Waals surface area contributed by atoms with Gasteiger partial charge in [-0.3, -0.25) is 4.79 Å². The predicted octanol–water partition coefficient (Wildman–Crippen LogP) is 4.21. The number of anilines is 2. The number of aromatic nitrogens is 3. The Labute approximate surface area is 240 Å². The second-order valence-electron chi connectivity index (χ2n) is 9.38. The van der Waals surface area contributed by atoms with Crippen LogP contribution in [0, 0.1) is 6.92 Å². The molecule has 4 heterocycles. The number of carbonyl (C=O) groups is 1. The average Bonchev–Trinajstić information content (AvgIpc) is 3.59. The third-order valence-corrected chi connectivity index (χ3v) is 9.55. The predicted molar refractivity (Wildman–Crippen MR) is 157 cm³/mol. The molecule has 0 bridgehead atoms. The van der Waals surface area contributed by atoms with E-state index >= 15 is 0 Å². The molecule has 0 unspecified atom stereocenters. The zero-order valence-electron chi connectivity index (χ0n) is 21.7. The summed E-state index contributed by atoms with van der Waals surface area (Å²) in [6.45, 7) is 6.02. The SMILES string of the molecule is Cc1nc2cc(NCCCN3CCCC3)ccc2c(=O)n1-c1ccc(NC(=O)NS(=O)(=O)c2ccc(Cl)s2)cn1. The minimum atomic E-state index is -4.06. The minimum Gasteiger partial charge on any atom is -0.385 e. The smallest absolute Gasteiger partial charge is 0.333 e. The lowest BCUT2D eigenvalue weighted by molar-refractivity contribution is 0.256. The van der Waals surface area contributed by atoms with Crippen LogP contribution >= 0.6 is 22.9 Å². The van der Waals surface area contributed by atoms with Crippen molar-refractivity contribution >= 4 is 61.3 Å². The second-order valence-corrected chi connectivity index (χ2v) is 13.0. The summed E-state index contributed by atoms with van der Waals surface area (Å²) >= 11 is 6.62. The maximum absolute atomic E-state index is 13.3. The number of hydrogen-bond donors (Lipinski definition) is 3. The molecule has 0 radical (unpaired) electrons. The second kappa shape index (κ2) is 11.9. The number of urea groups is 1. The molecule has 5 rings (SSSR count). The summed E-state index contributed by atoms with van der Waals surface area (Å²) in [6.07, 6.45) is 4.94. The Kier molecular flexibility index (Phi) is 8.35. The summed E-state index contributed by atoms with van der Waals surface area (Å²) in [6, 6.07) is 10.3. The molecule has 1 saturated heterocycles. The van der Waals surface area contributed by atoms with E-state index in [0.717, 1.165) is 36.5 Å². The number of benzene rings is 1. The largest absolute Gasteiger partial charge is 0.385 e. The highest BCUT2D eigenvalue weighted by molar-refractivity contribution is 7.92. The van der Waals surface area contributed by atoms with E-state index < -0.39 is 16.1 Å². The summed E-state index contributed by atoms with van der Waals surface area (Å²) in [7, 11) is -4.06. The molecule has 3 aromatic heterocycles. The molecular formula is C26H28ClN7O4S2. The number of nitrogens with one attached hydrogen (secondary N) is 3. The fraction of sp³-hybridized carbons (Fsp3) is 0.308. The number of thiophene rings is 1. The van der Waals surface area contributed by atoms with Crippen LogP contribution in [0.25, 0.3) is 16.7 Å². The van der Waals surface area contributed by atoms with E-state index in [4.69, 9.17) is 11.6 Å². The first-order valence-electron chi connectivity index (χ1n) is 12.7. The quantitative estimate of drug-likeness (QED) is 0.243. The van der Waals surface area contributed by atoms with E-state index in [1.54, 1.807) is 19.1 Å². The van der Waals surface area contributed by atoms with Gasteiger partial charge in [-0.25, -0.2) is 32.5 Å². The molecule has 0 atom stereocenters. The highest BCUT2D eigenvalue weighted by Crippen LogP contribution is 2.25. The third-order valence-electron chi connectivity index (χ3n) is 6.49. The molecule has 1 aromatic carbocycles. The van der Waals surface area contributed by atoms with E-state index in [0.29, 0.717) is 22.5 Å². The van der Waals surface area contributed by atoms with Gasteiger partial charge in [-0.1, -0.05) is 11.6 Å². The van der Waals surface area contributed by atoms with Gasteiger partial charge in [0, 0.05) is 12.2 Å². The van der Waals surface area contributed by atoms with Gasteiger partial charge in [0.05, 0.1) is 27.1 Å². The molecule has 0 aliphatic carbocycles. The summed E-state index contributed by atoms with van der Waals surface area (Å²) in [5.41, 5.74) is 1.47. The number of hydrogen-bond acceptors (Lipinski definition) is 9. The number of sulfonamides is 1. The van der Waals surface area contributed by atoms with Gasteiger partial charge in [0.25, 0.3) is 15.6 Å². The lowest BCUT2D eigenvalue weighted by Gasteiger charge is -2.15. The molecular weight excluding hydrogens is 574 g/mol. The van der Waals surface area contributed by atoms with Gasteiger partial charge in [0.15, 0.2) is 0 Å². The number of aryl methyl sites for hydroxylation is 1. The standard InChI is InChI=1S/C26H28ClN7O4S2/c1-17-30-21-15-18(28-11-4-14-33-12-2-3-13-33)5-7-20(21)25(35)34(17)23-9-6-19(16-29-23)31-26(36)32-40(37,38)24-10-8-22(27)39-24/h5-10,15-16,28H,2-4,11-14H2,1H3,(H2,31,32,36). The number of halogens is 1. The Morgan fingerprint density at radius 2 is 1.88 bits per heavy atom. The summed E-state index contributed by atoms with van der Waals surface area (Å²) < 4.78 is 28.2. The molecule has 1 aliphatic rings. The van der Waals surface area contributed by atoms with Crippen LogP contribution in [-0.4, -0.2) is 60.1 Å². The molecule has 210 valence electrons. The van der Waals surface area contributed by atoms with Crippen molar-refractivity contribution < 1.29 is 13.2 Å². The van der Waals surface area contributed by atoms with Crippen molar-refractivity contribution in [1.82, 2.24) is 24.2 Å². The summed E-state index contributed by atoms with van der Waals surface area (Å²) in [4.78, 5) is 37.0. The first kappa shape index (κ1) is 28.0. The molecule has 3 N–H and O–H groups in total. The number of pyridine rings is 1. The van der Waals surface area contributed by atoms with E-state index in [-0.39, 0.29) is 19.8 Å². The first-order valence-corrected chi connectivity index (χ1v) is 15.4. The van der Waals surface area contributed by atoms with E-state index in [2.05, 4.69) is 25.5 Å². The van der Waals surface area contributed by atoms with Crippen LogP contribution in [0.5, 0.6) is 0 Å². The average molecular weight is 602 g/mol. The van der Waals surface area contributed by atoms with Gasteiger partial charge in [-0.15, -0.1) is 11.3 Å². The zero-order chi connectivity index (χ0) is 28.3. The molecule has 11 nitrogen and oxygen atoms in total. The van der Waals surface area contributed by atoms with Gasteiger partial charge in [0.2, 0.25) is 0 Å². The number of nitrogens with zero attached hydrogens (tertiary/aromatic N) is 4. The fourth-order valence-electron chi connectivity index (χ4n) is 4.58. The molecule has 0 spiro atoms. The molecule has 0 saturated carbocycles. The highest BCUT2D eigenvalue weighted by Gasteiger charge is 2.20. The molecule has 2 amide bonds.